The Morgan fingerprint density at radius 3 is 1.60 bits per heavy atom. The predicted octanol–water partition coefficient (Wildman–Crippen LogP) is 4.25. The number of esters is 2. The van der Waals surface area contributed by atoms with Crippen LogP contribution in [0, 0.1) is 5.41 Å². The fourth-order valence-electron chi connectivity index (χ4n) is 5.05. The zero-order chi connectivity index (χ0) is 41.5. The molecule has 0 saturated heterocycles. The van der Waals surface area contributed by atoms with Gasteiger partial charge in [-0.25, -0.2) is 14.6 Å². The second kappa shape index (κ2) is 24.0. The quantitative estimate of drug-likeness (QED) is 0.0207. The van der Waals surface area contributed by atoms with Crippen molar-refractivity contribution < 1.29 is 47.6 Å². The molecule has 306 valence electrons. The van der Waals surface area contributed by atoms with E-state index >= 15 is 0 Å². The van der Waals surface area contributed by atoms with Gasteiger partial charge in [-0.1, -0.05) is 12.1 Å². The zero-order valence-electron chi connectivity index (χ0n) is 32.0. The van der Waals surface area contributed by atoms with Gasteiger partial charge in [0.05, 0.1) is 62.1 Å². The molecule has 4 aromatic carbocycles. The highest BCUT2D eigenvalue weighted by Crippen LogP contribution is 2.21. The molecule has 4 aromatic rings. The number of rotatable bonds is 25. The number of nitrogens with one attached hydrogen (secondary N) is 2. The molecule has 58 heavy (non-hydrogen) atoms. The predicted molar refractivity (Wildman–Crippen MR) is 216 cm³/mol. The van der Waals surface area contributed by atoms with Crippen molar-refractivity contribution in [3.63, 3.8) is 0 Å². The maximum atomic E-state index is 12.5. The molecule has 1 amide bonds. The minimum atomic E-state index is -0.537. The number of nitrogens with two attached hydrogens (primary N) is 3. The number of carbonyl (C=O) groups excluding carboxylic acids is 4. The summed E-state index contributed by atoms with van der Waals surface area (Å²) in [6.45, 7) is 2.14. The normalized spacial score (nSPS) is 10.6. The van der Waals surface area contributed by atoms with Crippen LogP contribution < -0.4 is 41.5 Å². The lowest BCUT2D eigenvalue weighted by molar-refractivity contribution is -0.122. The Morgan fingerprint density at radius 2 is 1.07 bits per heavy atom. The second-order valence-corrected chi connectivity index (χ2v) is 12.6. The van der Waals surface area contributed by atoms with E-state index in [9.17, 15) is 19.2 Å². The molecule has 8 N–H and O–H groups in total. The molecule has 0 bridgehead atoms. The highest BCUT2D eigenvalue weighted by atomic mass is 16.5. The van der Waals surface area contributed by atoms with Gasteiger partial charge < -0.3 is 50.9 Å². The maximum absolute atomic E-state index is 12.5. The smallest absolute Gasteiger partial charge is 0.343 e. The first-order chi connectivity index (χ1) is 28.0. The molecule has 0 unspecified atom stereocenters. The number of amidine groups is 1. The molecular weight excluding hydrogens is 748 g/mol. The number of carbonyl (C=O) groups is 4. The van der Waals surface area contributed by atoms with Crippen molar-refractivity contribution in [2.45, 2.75) is 32.1 Å². The van der Waals surface area contributed by atoms with Gasteiger partial charge in [-0.15, -0.1) is 0 Å². The lowest BCUT2D eigenvalue weighted by atomic mass is 10.1. The molecule has 0 heterocycles. The van der Waals surface area contributed by atoms with Crippen LogP contribution in [0.15, 0.2) is 102 Å². The van der Waals surface area contributed by atoms with Crippen molar-refractivity contribution in [1.82, 2.24) is 5.32 Å². The number of benzene rings is 4. The Labute approximate surface area is 336 Å². The minimum absolute atomic E-state index is 0.0501. The molecule has 0 aliphatic rings. The standard InChI is InChI=1S/C42H48N6O10/c43-38(44)28-29-3-11-36(12-4-29)57-40(51)30-7-15-35(16-8-30)56-24-20-39(50)47-21-25-54-27-26-53-22-1-2-33(49)19-23-55-34-13-5-31(6-14-34)41(52)58-37-17-9-32(10-18-37)48-42(45)46/h3-18H,1-2,19-28H2,(H3,43,44)(H,47,50)(H4,45,46,48). The Morgan fingerprint density at radius 1 is 0.569 bits per heavy atom. The highest BCUT2D eigenvalue weighted by Gasteiger charge is 2.11. The van der Waals surface area contributed by atoms with Crippen molar-refractivity contribution >= 4 is 41.1 Å². The number of hydrogen-bond acceptors (Lipinski definition) is 12. The van der Waals surface area contributed by atoms with Crippen molar-refractivity contribution in [3.8, 4) is 23.0 Å². The number of ketones is 1. The molecular formula is C42H48N6O10. The second-order valence-electron chi connectivity index (χ2n) is 12.6. The van der Waals surface area contributed by atoms with Gasteiger partial charge >= 0.3 is 11.9 Å². The first kappa shape index (κ1) is 43.9. The molecule has 0 aliphatic carbocycles. The molecule has 16 nitrogen and oxygen atoms in total. The van der Waals surface area contributed by atoms with Gasteiger partial charge in [0.1, 0.15) is 28.8 Å². The number of ether oxygens (including phenoxy) is 6. The third-order valence-electron chi connectivity index (χ3n) is 7.95. The largest absolute Gasteiger partial charge is 0.493 e. The van der Waals surface area contributed by atoms with E-state index in [1.54, 1.807) is 97.1 Å². The van der Waals surface area contributed by atoms with E-state index in [2.05, 4.69) is 10.3 Å². The van der Waals surface area contributed by atoms with Gasteiger partial charge in [0.2, 0.25) is 5.91 Å². The number of Topliss-reactive ketones (excluding diaryl/α,β-unsaturated/α-hetero) is 1. The summed E-state index contributed by atoms with van der Waals surface area (Å²) in [6.07, 6.45) is 1.64. The minimum Gasteiger partial charge on any atom is -0.493 e. The van der Waals surface area contributed by atoms with Crippen LogP contribution >= 0.6 is 0 Å². The topological polar surface area (TPSA) is 250 Å². The molecule has 0 fully saturated rings. The molecule has 0 atom stereocenters. The summed E-state index contributed by atoms with van der Waals surface area (Å²) in [7, 11) is 0. The number of aliphatic imine (C=N–C) groups is 1. The average Bonchev–Trinajstić information content (AvgIpc) is 3.20. The first-order valence-electron chi connectivity index (χ1n) is 18.5. The Kier molecular flexibility index (Phi) is 18.2. The molecule has 16 heteroatoms. The fraction of sp³-hybridized carbons (Fsp3) is 0.286. The van der Waals surface area contributed by atoms with Gasteiger partial charge in [0.15, 0.2) is 5.96 Å². The molecule has 0 spiro atoms. The third kappa shape index (κ3) is 16.9. The molecule has 0 aliphatic heterocycles. The van der Waals surface area contributed by atoms with Crippen LogP contribution in [-0.4, -0.2) is 81.6 Å². The third-order valence-corrected chi connectivity index (χ3v) is 7.95. The number of guanidine groups is 1. The van der Waals surface area contributed by atoms with Crippen molar-refractivity contribution in [1.29, 1.82) is 5.41 Å². The fourth-order valence-corrected chi connectivity index (χ4v) is 5.05. The Bertz CT molecular complexity index is 1970. The summed E-state index contributed by atoms with van der Waals surface area (Å²) in [4.78, 5) is 53.2. The lowest BCUT2D eigenvalue weighted by Gasteiger charge is -2.09. The number of amides is 1. The van der Waals surface area contributed by atoms with Crippen molar-refractivity contribution in [3.05, 3.63) is 114 Å². The molecule has 4 rings (SSSR count). The van der Waals surface area contributed by atoms with E-state index in [1.807, 2.05) is 0 Å². The van der Waals surface area contributed by atoms with Gasteiger partial charge in [0, 0.05) is 32.4 Å². The molecule has 0 radical (unpaired) electrons. The summed E-state index contributed by atoms with van der Waals surface area (Å²) in [6, 6.07) is 26.0. The van der Waals surface area contributed by atoms with Crippen LogP contribution in [0.3, 0.4) is 0 Å². The summed E-state index contributed by atoms with van der Waals surface area (Å²) in [5.74, 6) is 0.529. The van der Waals surface area contributed by atoms with Gasteiger partial charge in [-0.05, 0) is 96.9 Å². The van der Waals surface area contributed by atoms with Gasteiger partial charge in [-0.3, -0.25) is 15.0 Å². The summed E-state index contributed by atoms with van der Waals surface area (Å²) in [5.41, 5.74) is 18.2. The van der Waals surface area contributed by atoms with E-state index in [0.717, 1.165) is 5.56 Å². The zero-order valence-corrected chi connectivity index (χ0v) is 32.0. The van der Waals surface area contributed by atoms with Crippen LogP contribution in [0.1, 0.15) is 52.0 Å². The number of nitrogens with zero attached hydrogens (tertiary/aromatic N) is 1. The van der Waals surface area contributed by atoms with Gasteiger partial charge in [-0.2, -0.15) is 0 Å². The lowest BCUT2D eigenvalue weighted by Crippen LogP contribution is -2.28. The van der Waals surface area contributed by atoms with E-state index in [1.165, 1.54) is 0 Å². The van der Waals surface area contributed by atoms with Crippen molar-refractivity contribution in [2.24, 2.45) is 22.2 Å². The molecule has 0 saturated carbocycles. The van der Waals surface area contributed by atoms with E-state index < -0.39 is 11.9 Å². The maximum Gasteiger partial charge on any atom is 0.343 e. The SMILES string of the molecule is N=C(N)Cc1ccc(OC(=O)c2ccc(OCCC(=O)NCCOCCOCCCC(=O)CCOc3ccc(C(=O)Oc4ccc(N=C(N)N)cc4)cc3)cc2)cc1. The molecule has 0 aromatic heterocycles. The van der Waals surface area contributed by atoms with Gasteiger partial charge in [0.25, 0.3) is 0 Å². The monoisotopic (exact) mass is 796 g/mol. The Balaban J connectivity index is 0.948. The van der Waals surface area contributed by atoms with Crippen LogP contribution in [0.4, 0.5) is 5.69 Å². The van der Waals surface area contributed by atoms with Crippen molar-refractivity contribution in [2.75, 3.05) is 46.2 Å². The van der Waals surface area contributed by atoms with E-state index in [0.29, 0.717) is 92.0 Å². The van der Waals surface area contributed by atoms with Crippen LogP contribution in [0.5, 0.6) is 23.0 Å². The summed E-state index contributed by atoms with van der Waals surface area (Å²) < 4.78 is 33.0. The van der Waals surface area contributed by atoms with Crippen LogP contribution in [0.2, 0.25) is 0 Å². The van der Waals surface area contributed by atoms with Crippen LogP contribution in [0.25, 0.3) is 0 Å². The Hall–Kier alpha value is -6.78. The van der Waals surface area contributed by atoms with Crippen LogP contribution in [-0.2, 0) is 25.5 Å². The number of hydrogen-bond donors (Lipinski definition) is 5. The van der Waals surface area contributed by atoms with E-state index in [-0.39, 0.29) is 49.5 Å². The summed E-state index contributed by atoms with van der Waals surface area (Å²) >= 11 is 0. The highest BCUT2D eigenvalue weighted by molar-refractivity contribution is 5.92. The van der Waals surface area contributed by atoms with E-state index in [4.69, 9.17) is 51.0 Å². The average molecular weight is 797 g/mol. The first-order valence-corrected chi connectivity index (χ1v) is 18.5. The summed E-state index contributed by atoms with van der Waals surface area (Å²) in [5, 5.41) is 10.1.